The van der Waals surface area contributed by atoms with Crippen LogP contribution in [0.25, 0.3) is 0 Å². The van der Waals surface area contributed by atoms with Crippen molar-refractivity contribution >= 4 is 35.1 Å². The zero-order valence-electron chi connectivity index (χ0n) is 16.0. The van der Waals surface area contributed by atoms with Gasteiger partial charge in [-0.3, -0.25) is 14.4 Å². The smallest absolute Gasteiger partial charge is 0.311 e. The summed E-state index contributed by atoms with van der Waals surface area (Å²) >= 11 is 1.56. The first-order valence-corrected chi connectivity index (χ1v) is 10.1. The highest BCUT2D eigenvalue weighted by atomic mass is 32.2. The van der Waals surface area contributed by atoms with Gasteiger partial charge in [-0.1, -0.05) is 6.07 Å². The van der Waals surface area contributed by atoms with Crippen LogP contribution in [0.4, 0.5) is 10.1 Å². The second-order valence-electron chi connectivity index (χ2n) is 6.49. The number of ketones is 1. The van der Waals surface area contributed by atoms with Crippen molar-refractivity contribution < 1.29 is 28.2 Å². The molecule has 8 heteroatoms. The number of halogens is 1. The number of ether oxygens (including phenoxy) is 2. The van der Waals surface area contributed by atoms with Crippen LogP contribution < -0.4 is 9.64 Å². The highest BCUT2D eigenvalue weighted by Crippen LogP contribution is 2.28. The summed E-state index contributed by atoms with van der Waals surface area (Å²) in [6, 6.07) is 11.3. The van der Waals surface area contributed by atoms with Crippen LogP contribution in [0, 0.1) is 11.7 Å². The maximum absolute atomic E-state index is 13.7. The first-order chi connectivity index (χ1) is 13.9. The summed E-state index contributed by atoms with van der Waals surface area (Å²) in [5.74, 6) is -2.63. The average Bonchev–Trinajstić information content (AvgIpc) is 3.13. The summed E-state index contributed by atoms with van der Waals surface area (Å²) in [5, 5.41) is 0. The van der Waals surface area contributed by atoms with Gasteiger partial charge in [0, 0.05) is 29.1 Å². The molecule has 3 rings (SSSR count). The zero-order valence-corrected chi connectivity index (χ0v) is 16.8. The Hall–Kier alpha value is -2.87. The largest absolute Gasteiger partial charge is 0.494 e. The van der Waals surface area contributed by atoms with Gasteiger partial charge in [0.15, 0.2) is 24.0 Å². The molecule has 29 heavy (non-hydrogen) atoms. The monoisotopic (exact) mass is 417 g/mol. The van der Waals surface area contributed by atoms with E-state index in [0.29, 0.717) is 0 Å². The lowest BCUT2D eigenvalue weighted by Crippen LogP contribution is -2.27. The van der Waals surface area contributed by atoms with Crippen molar-refractivity contribution in [2.75, 3.05) is 31.4 Å². The maximum Gasteiger partial charge on any atom is 0.311 e. The molecule has 152 valence electrons. The molecule has 2 aromatic rings. The third-order valence-corrected chi connectivity index (χ3v) is 5.37. The summed E-state index contributed by atoms with van der Waals surface area (Å²) < 4.78 is 23.6. The Balaban J connectivity index is 1.59. The molecule has 2 aromatic carbocycles. The Morgan fingerprint density at radius 1 is 1.24 bits per heavy atom. The highest BCUT2D eigenvalue weighted by molar-refractivity contribution is 7.98. The number of anilines is 1. The molecule has 1 atom stereocenters. The van der Waals surface area contributed by atoms with Gasteiger partial charge in [-0.25, -0.2) is 4.39 Å². The van der Waals surface area contributed by atoms with E-state index < -0.39 is 30.1 Å². The number of carbonyl (C=O) groups is 3. The molecule has 0 saturated carbocycles. The van der Waals surface area contributed by atoms with Crippen LogP contribution >= 0.6 is 11.8 Å². The fourth-order valence-corrected chi connectivity index (χ4v) is 3.52. The van der Waals surface area contributed by atoms with Crippen molar-refractivity contribution in [3.63, 3.8) is 0 Å². The van der Waals surface area contributed by atoms with E-state index in [4.69, 9.17) is 9.47 Å². The minimum absolute atomic E-state index is 0.0215. The number of Topliss-reactive ketones (excluding diaryl/α,β-unsaturated/α-hetero) is 1. The lowest BCUT2D eigenvalue weighted by atomic mass is 10.1. The Labute approximate surface area is 172 Å². The number of esters is 1. The summed E-state index contributed by atoms with van der Waals surface area (Å²) in [4.78, 5) is 39.4. The van der Waals surface area contributed by atoms with Gasteiger partial charge < -0.3 is 14.4 Å². The number of methoxy groups -OCH3 is 1. The van der Waals surface area contributed by atoms with Crippen LogP contribution in [0.5, 0.6) is 5.75 Å². The first kappa shape index (κ1) is 20.9. The lowest BCUT2D eigenvalue weighted by Gasteiger charge is -2.17. The standard InChI is InChI=1S/C21H20FNO5S/c1-27-19-7-6-13(8-17(19)22)18(24)12-28-21(26)14-9-20(25)23(11-14)15-4-3-5-16(10-15)29-2/h3-8,10,14H,9,11-12H2,1-2H3/t14-/m1/s1. The lowest BCUT2D eigenvalue weighted by molar-refractivity contribution is -0.147. The van der Waals surface area contributed by atoms with E-state index in [9.17, 15) is 18.8 Å². The van der Waals surface area contributed by atoms with Crippen molar-refractivity contribution in [1.82, 2.24) is 0 Å². The van der Waals surface area contributed by atoms with Gasteiger partial charge in [0.1, 0.15) is 0 Å². The molecule has 1 saturated heterocycles. The van der Waals surface area contributed by atoms with Crippen molar-refractivity contribution in [3.8, 4) is 5.75 Å². The van der Waals surface area contributed by atoms with Crippen LogP contribution in [0.15, 0.2) is 47.4 Å². The van der Waals surface area contributed by atoms with Crippen LogP contribution in [-0.4, -0.2) is 44.2 Å². The molecule has 0 bridgehead atoms. The third-order valence-electron chi connectivity index (χ3n) is 4.64. The van der Waals surface area contributed by atoms with Crippen LogP contribution in [0.3, 0.4) is 0 Å². The molecule has 1 fully saturated rings. The molecule has 0 unspecified atom stereocenters. The van der Waals surface area contributed by atoms with Crippen LogP contribution in [0.2, 0.25) is 0 Å². The number of nitrogens with zero attached hydrogens (tertiary/aromatic N) is 1. The predicted octanol–water partition coefficient (Wildman–Crippen LogP) is 3.34. The summed E-state index contributed by atoms with van der Waals surface area (Å²) in [5.41, 5.74) is 0.802. The van der Waals surface area contributed by atoms with E-state index in [0.717, 1.165) is 16.6 Å². The number of hydrogen-bond donors (Lipinski definition) is 0. The normalized spacial score (nSPS) is 16.0. The second kappa shape index (κ2) is 9.09. The van der Waals surface area contributed by atoms with Gasteiger partial charge >= 0.3 is 5.97 Å². The molecule has 1 aliphatic heterocycles. The van der Waals surface area contributed by atoms with Gasteiger partial charge in [-0.05, 0) is 42.7 Å². The van der Waals surface area contributed by atoms with Crippen LogP contribution in [-0.2, 0) is 14.3 Å². The van der Waals surface area contributed by atoms with Gasteiger partial charge in [0.05, 0.1) is 13.0 Å². The molecule has 0 radical (unpaired) electrons. The Morgan fingerprint density at radius 2 is 2.03 bits per heavy atom. The zero-order chi connectivity index (χ0) is 21.0. The molecule has 1 aliphatic rings. The maximum atomic E-state index is 13.7. The van der Waals surface area contributed by atoms with Crippen molar-refractivity contribution in [2.45, 2.75) is 11.3 Å². The number of amides is 1. The SMILES string of the molecule is COc1ccc(C(=O)COC(=O)[C@@H]2CC(=O)N(c3cccc(SC)c3)C2)cc1F. The topological polar surface area (TPSA) is 72.9 Å². The van der Waals surface area contributed by atoms with E-state index >= 15 is 0 Å². The van der Waals surface area contributed by atoms with E-state index in [-0.39, 0.29) is 30.2 Å². The Morgan fingerprint density at radius 3 is 2.72 bits per heavy atom. The molecule has 1 heterocycles. The number of thioether (sulfide) groups is 1. The Bertz CT molecular complexity index is 948. The molecule has 0 spiro atoms. The molecular weight excluding hydrogens is 397 g/mol. The second-order valence-corrected chi connectivity index (χ2v) is 7.37. The van der Waals surface area contributed by atoms with Gasteiger partial charge in [0.2, 0.25) is 5.91 Å². The van der Waals surface area contributed by atoms with Crippen molar-refractivity contribution in [1.29, 1.82) is 0 Å². The minimum atomic E-state index is -0.672. The van der Waals surface area contributed by atoms with E-state index in [1.165, 1.54) is 19.2 Å². The van der Waals surface area contributed by atoms with E-state index in [2.05, 4.69) is 0 Å². The quantitative estimate of drug-likeness (QED) is 0.391. The summed E-state index contributed by atoms with van der Waals surface area (Å²) in [6.45, 7) is -0.321. The Kier molecular flexibility index (Phi) is 6.53. The molecule has 0 N–H and O–H groups in total. The van der Waals surface area contributed by atoms with E-state index in [1.807, 2.05) is 30.5 Å². The number of benzene rings is 2. The summed E-state index contributed by atoms with van der Waals surface area (Å²) in [7, 11) is 1.32. The van der Waals surface area contributed by atoms with Crippen LogP contribution in [0.1, 0.15) is 16.8 Å². The number of rotatable bonds is 7. The average molecular weight is 417 g/mol. The molecule has 0 aromatic heterocycles. The van der Waals surface area contributed by atoms with E-state index in [1.54, 1.807) is 16.7 Å². The minimum Gasteiger partial charge on any atom is -0.494 e. The molecule has 0 aliphatic carbocycles. The fourth-order valence-electron chi connectivity index (χ4n) is 3.07. The van der Waals surface area contributed by atoms with Crippen molar-refractivity contribution in [3.05, 3.63) is 53.8 Å². The van der Waals surface area contributed by atoms with Crippen molar-refractivity contribution in [2.24, 2.45) is 5.92 Å². The number of carbonyl (C=O) groups excluding carboxylic acids is 3. The summed E-state index contributed by atoms with van der Waals surface area (Å²) in [6.07, 6.45) is 1.96. The number of hydrogen-bond acceptors (Lipinski definition) is 6. The molecule has 1 amide bonds. The molecule has 6 nitrogen and oxygen atoms in total. The molecular formula is C21H20FNO5S. The fraction of sp³-hybridized carbons (Fsp3) is 0.286. The van der Waals surface area contributed by atoms with Gasteiger partial charge in [0.25, 0.3) is 0 Å². The highest BCUT2D eigenvalue weighted by Gasteiger charge is 2.36. The first-order valence-electron chi connectivity index (χ1n) is 8.90. The third kappa shape index (κ3) is 4.76. The predicted molar refractivity (Wildman–Crippen MR) is 107 cm³/mol. The van der Waals surface area contributed by atoms with Gasteiger partial charge in [-0.15, -0.1) is 11.8 Å². The van der Waals surface area contributed by atoms with Gasteiger partial charge in [-0.2, -0.15) is 0 Å².